The van der Waals surface area contributed by atoms with Crippen LogP contribution in [-0.2, 0) is 20.7 Å². The van der Waals surface area contributed by atoms with Crippen molar-refractivity contribution in [2.45, 2.75) is 32.1 Å². The number of hydrogen-bond donors (Lipinski definition) is 0. The van der Waals surface area contributed by atoms with Crippen molar-refractivity contribution in [2.75, 3.05) is 13.2 Å². The molecule has 0 aliphatic rings. The fourth-order valence-electron chi connectivity index (χ4n) is 2.51. The van der Waals surface area contributed by atoms with Gasteiger partial charge in [0.1, 0.15) is 12.4 Å². The van der Waals surface area contributed by atoms with Gasteiger partial charge in [0.15, 0.2) is 0 Å². The van der Waals surface area contributed by atoms with Gasteiger partial charge in [-0.15, -0.1) is 5.26 Å². The van der Waals surface area contributed by atoms with Crippen molar-refractivity contribution in [3.8, 4) is 18.3 Å². The maximum Gasteiger partial charge on any atom is 0.292 e. The highest BCUT2D eigenvalue weighted by atomic mass is 16.5. The maximum atomic E-state index is 10.1. The molecule has 0 N–H and O–H groups in total. The summed E-state index contributed by atoms with van der Waals surface area (Å²) in [6, 6.07) is 14.7. The Morgan fingerprint density at radius 2 is 1.42 bits per heavy atom. The minimum Gasteiger partial charge on any atom is -0.428 e. The first-order valence-corrected chi connectivity index (χ1v) is 9.59. The van der Waals surface area contributed by atoms with Gasteiger partial charge >= 0.3 is 0 Å². The van der Waals surface area contributed by atoms with Crippen LogP contribution in [-0.4, -0.2) is 25.3 Å². The number of isocyanates is 2. The molecule has 8 nitrogen and oxygen atoms in total. The fourth-order valence-corrected chi connectivity index (χ4v) is 2.51. The average molecular weight is 418 g/mol. The van der Waals surface area contributed by atoms with E-state index >= 15 is 0 Å². The molecule has 0 heterocycles. The van der Waals surface area contributed by atoms with Gasteiger partial charge in [0, 0.05) is 0 Å². The molecule has 0 aromatic heterocycles. The average Bonchev–Trinajstić information content (AvgIpc) is 2.79. The number of benzene rings is 2. The van der Waals surface area contributed by atoms with E-state index in [4.69, 9.17) is 15.3 Å². The Bertz CT molecular complexity index is 947. The molecule has 2 rings (SSSR count). The maximum absolute atomic E-state index is 10.1. The van der Waals surface area contributed by atoms with Crippen LogP contribution in [0.2, 0.25) is 0 Å². The Balaban J connectivity index is 0.000000348. The Kier molecular flexibility index (Phi) is 13.4. The first kappa shape index (κ1) is 24.8. The molecule has 8 heteroatoms. The SMILES string of the molecule is N#COCCCCCCN=C=O.N#COc1ccc(Cc2ccc(N=C=O)cc2)cc1. The number of nitrogens with zero attached hydrogens (tertiary/aromatic N) is 4. The monoisotopic (exact) mass is 418 g/mol. The molecule has 0 unspecified atom stereocenters. The molecule has 0 aliphatic carbocycles. The second-order valence-corrected chi connectivity index (χ2v) is 6.21. The predicted molar refractivity (Wildman–Crippen MR) is 113 cm³/mol. The third-order valence-corrected chi connectivity index (χ3v) is 4.00. The van der Waals surface area contributed by atoms with Crippen LogP contribution >= 0.6 is 0 Å². The molecule has 0 bridgehead atoms. The first-order chi connectivity index (χ1) is 15.2. The van der Waals surface area contributed by atoms with Crippen LogP contribution in [0.5, 0.6) is 5.75 Å². The van der Waals surface area contributed by atoms with E-state index in [9.17, 15) is 9.59 Å². The lowest BCUT2D eigenvalue weighted by atomic mass is 10.0. The van der Waals surface area contributed by atoms with Gasteiger partial charge in [0.2, 0.25) is 12.2 Å². The summed E-state index contributed by atoms with van der Waals surface area (Å²) in [5, 5.41) is 16.4. The molecule has 0 spiro atoms. The van der Waals surface area contributed by atoms with Crippen LogP contribution in [0, 0.1) is 23.0 Å². The summed E-state index contributed by atoms with van der Waals surface area (Å²) in [6.45, 7) is 1.05. The van der Waals surface area contributed by atoms with E-state index in [1.807, 2.05) is 24.3 Å². The zero-order valence-corrected chi connectivity index (χ0v) is 17.0. The van der Waals surface area contributed by atoms with Gasteiger partial charge in [-0.25, -0.2) is 14.6 Å². The summed E-state index contributed by atoms with van der Waals surface area (Å²) < 4.78 is 9.19. The van der Waals surface area contributed by atoms with Gasteiger partial charge in [-0.1, -0.05) is 30.7 Å². The normalized spacial score (nSPS) is 8.84. The molecular weight excluding hydrogens is 396 g/mol. The molecule has 0 saturated carbocycles. The highest BCUT2D eigenvalue weighted by molar-refractivity contribution is 5.49. The largest absolute Gasteiger partial charge is 0.428 e. The Labute approximate surface area is 181 Å². The van der Waals surface area contributed by atoms with Crippen LogP contribution in [0.3, 0.4) is 0 Å². The van der Waals surface area contributed by atoms with Crippen LogP contribution in [0.25, 0.3) is 0 Å². The third kappa shape index (κ3) is 12.1. The fraction of sp³-hybridized carbons (Fsp3) is 0.304. The standard InChI is InChI=1S/C15H10N2O2.C8H12N2O2/c16-10-19-15-7-3-13(4-8-15)9-12-1-5-14(6-2-12)17-11-18;9-7-12-6-4-2-1-3-5-10-8-11/h1-8H,9H2;1-6H2. The van der Waals surface area contributed by atoms with Crippen LogP contribution in [0.1, 0.15) is 36.8 Å². The number of unbranched alkanes of at least 4 members (excludes halogenated alkanes) is 3. The van der Waals surface area contributed by atoms with Crippen LogP contribution < -0.4 is 4.74 Å². The van der Waals surface area contributed by atoms with E-state index in [1.165, 1.54) is 12.2 Å². The topological polar surface area (TPSA) is 125 Å². The smallest absolute Gasteiger partial charge is 0.292 e. The van der Waals surface area contributed by atoms with Crippen molar-refractivity contribution in [2.24, 2.45) is 9.98 Å². The zero-order valence-electron chi connectivity index (χ0n) is 17.0. The van der Waals surface area contributed by atoms with Gasteiger partial charge in [-0.05, 0) is 61.1 Å². The van der Waals surface area contributed by atoms with Crippen LogP contribution in [0.15, 0.2) is 58.5 Å². The second kappa shape index (κ2) is 16.7. The van der Waals surface area contributed by atoms with E-state index in [0.29, 0.717) is 24.6 Å². The summed E-state index contributed by atoms with van der Waals surface area (Å²) in [5.74, 6) is 0.530. The lowest BCUT2D eigenvalue weighted by Crippen LogP contribution is -1.88. The van der Waals surface area contributed by atoms with Gasteiger partial charge in [-0.3, -0.25) is 0 Å². The summed E-state index contributed by atoms with van der Waals surface area (Å²) in [7, 11) is 0. The van der Waals surface area contributed by atoms with Crippen molar-refractivity contribution < 1.29 is 19.1 Å². The van der Waals surface area contributed by atoms with Crippen molar-refractivity contribution in [3.63, 3.8) is 0 Å². The predicted octanol–water partition coefficient (Wildman–Crippen LogP) is 4.48. The number of rotatable bonds is 11. The van der Waals surface area contributed by atoms with Crippen molar-refractivity contribution in [1.82, 2.24) is 0 Å². The highest BCUT2D eigenvalue weighted by Crippen LogP contribution is 2.17. The van der Waals surface area contributed by atoms with E-state index in [1.54, 1.807) is 36.8 Å². The van der Waals surface area contributed by atoms with Gasteiger partial charge < -0.3 is 9.47 Å². The van der Waals surface area contributed by atoms with Gasteiger partial charge in [-0.2, -0.15) is 10.3 Å². The first-order valence-electron chi connectivity index (χ1n) is 9.59. The molecule has 31 heavy (non-hydrogen) atoms. The Hall–Kier alpha value is -4.22. The molecule has 2 aromatic rings. The van der Waals surface area contributed by atoms with Crippen molar-refractivity contribution in [1.29, 1.82) is 10.5 Å². The zero-order chi connectivity index (χ0) is 22.6. The van der Waals surface area contributed by atoms with E-state index in [-0.39, 0.29) is 0 Å². The molecule has 0 atom stereocenters. The number of hydrogen-bond acceptors (Lipinski definition) is 8. The third-order valence-electron chi connectivity index (χ3n) is 4.00. The van der Waals surface area contributed by atoms with E-state index in [0.717, 1.165) is 43.2 Å². The van der Waals surface area contributed by atoms with Crippen molar-refractivity contribution >= 4 is 17.8 Å². The van der Waals surface area contributed by atoms with Gasteiger partial charge in [0.05, 0.1) is 12.2 Å². The Morgan fingerprint density at radius 1 is 0.774 bits per heavy atom. The van der Waals surface area contributed by atoms with Crippen molar-refractivity contribution in [3.05, 3.63) is 59.7 Å². The molecule has 2 aromatic carbocycles. The molecule has 0 fully saturated rings. The summed E-state index contributed by atoms with van der Waals surface area (Å²) in [4.78, 5) is 26.7. The minimum absolute atomic E-state index is 0.494. The van der Waals surface area contributed by atoms with Gasteiger partial charge in [0.25, 0.3) is 12.5 Å². The molecule has 158 valence electrons. The summed E-state index contributed by atoms with van der Waals surface area (Å²) in [5.41, 5.74) is 2.81. The lowest BCUT2D eigenvalue weighted by molar-refractivity contribution is 0.260. The molecule has 0 amide bonds. The highest BCUT2D eigenvalue weighted by Gasteiger charge is 1.98. The molecule has 0 saturated heterocycles. The lowest BCUT2D eigenvalue weighted by Gasteiger charge is -2.03. The van der Waals surface area contributed by atoms with E-state index < -0.39 is 0 Å². The molecule has 0 radical (unpaired) electrons. The quantitative estimate of drug-likeness (QED) is 0.229. The number of carbonyl (C=O) groups excluding carboxylic acids is 2. The Morgan fingerprint density at radius 3 is 2.00 bits per heavy atom. The van der Waals surface area contributed by atoms with Crippen LogP contribution in [0.4, 0.5) is 5.69 Å². The minimum atomic E-state index is 0.494. The number of nitriles is 2. The molecular formula is C23H22N4O4. The van der Waals surface area contributed by atoms with E-state index in [2.05, 4.69) is 14.7 Å². The molecule has 0 aliphatic heterocycles. The summed E-state index contributed by atoms with van der Waals surface area (Å²) >= 11 is 0. The summed E-state index contributed by atoms with van der Waals surface area (Å²) in [6.07, 6.45) is 10.8. The number of aliphatic imine (C=N–C) groups is 2. The number of ether oxygens (including phenoxy) is 2. The second-order valence-electron chi connectivity index (χ2n) is 6.21.